The third-order valence-electron chi connectivity index (χ3n) is 4.17. The van der Waals surface area contributed by atoms with E-state index in [1.54, 1.807) is 35.2 Å². The Hall–Kier alpha value is -4.07. The summed E-state index contributed by atoms with van der Waals surface area (Å²) in [7, 11) is 1.35. The minimum Gasteiger partial charge on any atom is -0.465 e. The van der Waals surface area contributed by atoms with E-state index in [0.717, 1.165) is 22.0 Å². The van der Waals surface area contributed by atoms with Crippen LogP contribution in [0.4, 0.5) is 5.95 Å². The molecule has 0 saturated heterocycles. The molecule has 4 rings (SSSR count). The lowest BCUT2D eigenvalue weighted by Crippen LogP contribution is -2.04. The van der Waals surface area contributed by atoms with Crippen LogP contribution in [0.5, 0.6) is 0 Å². The van der Waals surface area contributed by atoms with Gasteiger partial charge in [-0.15, -0.1) is 0 Å². The molecule has 0 aliphatic rings. The van der Waals surface area contributed by atoms with Crippen LogP contribution in [-0.4, -0.2) is 39.5 Å². The van der Waals surface area contributed by atoms with Crippen LogP contribution in [0.25, 0.3) is 16.5 Å². The number of rotatable bonds is 5. The first kappa shape index (κ1) is 17.3. The van der Waals surface area contributed by atoms with E-state index in [9.17, 15) is 4.79 Å². The normalized spacial score (nSPS) is 11.0. The Morgan fingerprint density at radius 1 is 1.07 bits per heavy atom. The van der Waals surface area contributed by atoms with Gasteiger partial charge < -0.3 is 4.74 Å². The molecule has 0 radical (unpaired) electrons. The maximum absolute atomic E-state index is 11.5. The average Bonchev–Trinajstić information content (AvgIpc) is 3.21. The zero-order chi connectivity index (χ0) is 19.3. The molecule has 4 aromatic rings. The highest BCUT2D eigenvalue weighted by Crippen LogP contribution is 2.23. The summed E-state index contributed by atoms with van der Waals surface area (Å²) in [6.45, 7) is 0. The number of benzene rings is 3. The standard InChI is InChI=1S/C20H16N6O2/c1-28-19(27)16-11-9-14(10-12-16)13-21-22-20-23-24-25-26(20)18-8-4-6-15-5-2-3-7-17(15)18/h2-13H,1H3,(H,22,23,25)/b21-13+. The molecule has 0 aliphatic heterocycles. The number of ether oxygens (including phenoxy) is 1. The molecule has 1 N–H and O–H groups in total. The first-order chi connectivity index (χ1) is 13.8. The van der Waals surface area contributed by atoms with Crippen LogP contribution in [0.2, 0.25) is 0 Å². The number of tetrazole rings is 1. The van der Waals surface area contributed by atoms with E-state index in [1.165, 1.54) is 7.11 Å². The Labute approximate surface area is 160 Å². The molecule has 0 atom stereocenters. The molecular weight excluding hydrogens is 356 g/mol. The van der Waals surface area contributed by atoms with Gasteiger partial charge in [0.1, 0.15) is 0 Å². The van der Waals surface area contributed by atoms with Crippen molar-refractivity contribution in [1.82, 2.24) is 20.2 Å². The van der Waals surface area contributed by atoms with Crippen molar-refractivity contribution in [1.29, 1.82) is 0 Å². The molecule has 3 aromatic carbocycles. The molecule has 0 fully saturated rings. The smallest absolute Gasteiger partial charge is 0.337 e. The van der Waals surface area contributed by atoms with Crippen LogP contribution < -0.4 is 5.43 Å². The highest BCUT2D eigenvalue weighted by molar-refractivity contribution is 5.91. The molecular formula is C20H16N6O2. The number of hydrogen-bond donors (Lipinski definition) is 1. The number of hydrogen-bond acceptors (Lipinski definition) is 7. The Balaban J connectivity index is 1.55. The molecule has 0 unspecified atom stereocenters. The minimum absolute atomic E-state index is 0.379. The number of nitrogens with zero attached hydrogens (tertiary/aromatic N) is 5. The number of carbonyl (C=O) groups excluding carboxylic acids is 1. The Morgan fingerprint density at radius 2 is 1.86 bits per heavy atom. The molecule has 1 aromatic heterocycles. The number of anilines is 1. The first-order valence-electron chi connectivity index (χ1n) is 8.50. The van der Waals surface area contributed by atoms with E-state index in [0.29, 0.717) is 11.5 Å². The topological polar surface area (TPSA) is 94.3 Å². The third-order valence-corrected chi connectivity index (χ3v) is 4.17. The van der Waals surface area contributed by atoms with Crippen molar-refractivity contribution in [2.75, 3.05) is 12.5 Å². The molecule has 0 amide bonds. The second-order valence-electron chi connectivity index (χ2n) is 5.90. The summed E-state index contributed by atoms with van der Waals surface area (Å²) in [6.07, 6.45) is 1.61. The highest BCUT2D eigenvalue weighted by atomic mass is 16.5. The summed E-state index contributed by atoms with van der Waals surface area (Å²) in [5, 5.41) is 18.1. The molecule has 0 aliphatic carbocycles. The zero-order valence-corrected chi connectivity index (χ0v) is 15.0. The summed E-state index contributed by atoms with van der Waals surface area (Å²) >= 11 is 0. The monoisotopic (exact) mass is 372 g/mol. The summed E-state index contributed by atoms with van der Waals surface area (Å²) < 4.78 is 6.28. The van der Waals surface area contributed by atoms with Gasteiger partial charge in [0.05, 0.1) is 24.6 Å². The van der Waals surface area contributed by atoms with Gasteiger partial charge in [-0.25, -0.2) is 10.2 Å². The second-order valence-corrected chi connectivity index (χ2v) is 5.90. The third kappa shape index (κ3) is 3.43. The number of nitrogens with one attached hydrogen (secondary N) is 1. The molecule has 28 heavy (non-hydrogen) atoms. The lowest BCUT2D eigenvalue weighted by Gasteiger charge is -2.07. The van der Waals surface area contributed by atoms with E-state index in [4.69, 9.17) is 0 Å². The van der Waals surface area contributed by atoms with Gasteiger partial charge >= 0.3 is 5.97 Å². The van der Waals surface area contributed by atoms with Crippen LogP contribution in [-0.2, 0) is 4.74 Å². The molecule has 8 nitrogen and oxygen atoms in total. The summed E-state index contributed by atoms with van der Waals surface area (Å²) in [5.74, 6) is 0.00895. The number of esters is 1. The molecule has 0 spiro atoms. The Kier molecular flexibility index (Phi) is 4.75. The van der Waals surface area contributed by atoms with Crippen molar-refractivity contribution in [3.8, 4) is 5.69 Å². The summed E-state index contributed by atoms with van der Waals surface area (Å²) in [4.78, 5) is 11.5. The quantitative estimate of drug-likeness (QED) is 0.329. The molecule has 8 heteroatoms. The molecule has 138 valence electrons. The molecule has 0 bridgehead atoms. The van der Waals surface area contributed by atoms with E-state index >= 15 is 0 Å². The van der Waals surface area contributed by atoms with Crippen molar-refractivity contribution in [3.63, 3.8) is 0 Å². The van der Waals surface area contributed by atoms with Gasteiger partial charge in [0, 0.05) is 5.39 Å². The van der Waals surface area contributed by atoms with E-state index in [2.05, 4.69) is 30.8 Å². The van der Waals surface area contributed by atoms with Gasteiger partial charge in [0.2, 0.25) is 0 Å². The van der Waals surface area contributed by atoms with Crippen molar-refractivity contribution in [3.05, 3.63) is 77.9 Å². The predicted octanol–water partition coefficient (Wildman–Crippen LogP) is 3.05. The fourth-order valence-corrected chi connectivity index (χ4v) is 2.80. The Bertz CT molecular complexity index is 1150. The van der Waals surface area contributed by atoms with Gasteiger partial charge in [-0.3, -0.25) is 0 Å². The lowest BCUT2D eigenvalue weighted by molar-refractivity contribution is 0.0600. The van der Waals surface area contributed by atoms with Crippen LogP contribution in [0.1, 0.15) is 15.9 Å². The zero-order valence-electron chi connectivity index (χ0n) is 15.0. The van der Waals surface area contributed by atoms with Gasteiger partial charge in [-0.1, -0.05) is 53.6 Å². The first-order valence-corrected chi connectivity index (χ1v) is 8.50. The lowest BCUT2D eigenvalue weighted by atomic mass is 10.1. The maximum atomic E-state index is 11.5. The van der Waals surface area contributed by atoms with E-state index in [1.807, 2.05) is 42.5 Å². The maximum Gasteiger partial charge on any atom is 0.337 e. The number of hydrazone groups is 1. The van der Waals surface area contributed by atoms with Gasteiger partial charge in [0.15, 0.2) is 0 Å². The summed E-state index contributed by atoms with van der Waals surface area (Å²) in [5.41, 5.74) is 5.00. The van der Waals surface area contributed by atoms with Gasteiger partial charge in [0.25, 0.3) is 5.95 Å². The molecule has 1 heterocycles. The number of aromatic nitrogens is 4. The van der Waals surface area contributed by atoms with Crippen LogP contribution in [0.3, 0.4) is 0 Å². The fourth-order valence-electron chi connectivity index (χ4n) is 2.80. The van der Waals surface area contributed by atoms with Crippen LogP contribution in [0, 0.1) is 0 Å². The average molecular weight is 372 g/mol. The summed E-state index contributed by atoms with van der Waals surface area (Å²) in [6, 6.07) is 20.8. The van der Waals surface area contributed by atoms with E-state index in [-0.39, 0.29) is 5.97 Å². The van der Waals surface area contributed by atoms with Crippen molar-refractivity contribution < 1.29 is 9.53 Å². The van der Waals surface area contributed by atoms with E-state index < -0.39 is 0 Å². The van der Waals surface area contributed by atoms with Crippen molar-refractivity contribution >= 4 is 28.9 Å². The van der Waals surface area contributed by atoms with Gasteiger partial charge in [-0.2, -0.15) is 9.78 Å². The largest absolute Gasteiger partial charge is 0.465 e. The number of carbonyl (C=O) groups is 1. The minimum atomic E-state index is -0.379. The fraction of sp³-hybridized carbons (Fsp3) is 0.0500. The number of methoxy groups -OCH3 is 1. The van der Waals surface area contributed by atoms with Crippen molar-refractivity contribution in [2.24, 2.45) is 5.10 Å². The predicted molar refractivity (Wildman–Crippen MR) is 106 cm³/mol. The van der Waals surface area contributed by atoms with Gasteiger partial charge in [-0.05, 0) is 39.6 Å². The van der Waals surface area contributed by atoms with Crippen molar-refractivity contribution in [2.45, 2.75) is 0 Å². The number of fused-ring (bicyclic) bond motifs is 1. The van der Waals surface area contributed by atoms with Crippen LogP contribution in [0.15, 0.2) is 71.8 Å². The molecule has 0 saturated carbocycles. The second kappa shape index (κ2) is 7.67. The Morgan fingerprint density at radius 3 is 2.68 bits per heavy atom. The van der Waals surface area contributed by atoms with Crippen LogP contribution >= 0.6 is 0 Å². The highest BCUT2D eigenvalue weighted by Gasteiger charge is 2.10. The SMILES string of the molecule is COC(=O)c1ccc(/C=N/Nc2nnnn2-c2cccc3ccccc23)cc1.